The number of hydrogen-bond donors (Lipinski definition) is 2. The van der Waals surface area contributed by atoms with Crippen LogP contribution in [-0.2, 0) is 15.8 Å². The number of alkyl halides is 3. The third-order valence-corrected chi connectivity index (χ3v) is 6.08. The number of anilines is 3. The number of aryl methyl sites for hydroxylation is 1. The lowest BCUT2D eigenvalue weighted by Gasteiger charge is -2.40. The van der Waals surface area contributed by atoms with E-state index in [0.717, 1.165) is 12.1 Å². The first-order valence-corrected chi connectivity index (χ1v) is 11.2. The molecule has 2 amide bonds. The molecule has 1 unspecified atom stereocenters. The van der Waals surface area contributed by atoms with Crippen molar-refractivity contribution in [1.82, 2.24) is 14.9 Å². The van der Waals surface area contributed by atoms with Gasteiger partial charge in [0.15, 0.2) is 12.4 Å². The summed E-state index contributed by atoms with van der Waals surface area (Å²) < 4.78 is 43.2. The van der Waals surface area contributed by atoms with Crippen molar-refractivity contribution in [1.29, 1.82) is 0 Å². The molecule has 2 aromatic rings. The molecule has 35 heavy (non-hydrogen) atoms. The first-order valence-electron chi connectivity index (χ1n) is 11.2. The molecule has 1 fully saturated rings. The van der Waals surface area contributed by atoms with Gasteiger partial charge in [0.1, 0.15) is 17.5 Å². The maximum atomic E-state index is 12.6. The summed E-state index contributed by atoms with van der Waals surface area (Å²) in [6.45, 7) is 6.30. The van der Waals surface area contributed by atoms with Gasteiger partial charge in [-0.05, 0) is 37.1 Å². The summed E-state index contributed by atoms with van der Waals surface area (Å²) in [5, 5.41) is 6.12. The van der Waals surface area contributed by atoms with Crippen LogP contribution in [0.2, 0.25) is 0 Å². The van der Waals surface area contributed by atoms with Gasteiger partial charge in [-0.15, -0.1) is 0 Å². The van der Waals surface area contributed by atoms with E-state index in [9.17, 15) is 22.8 Å². The first kappa shape index (κ1) is 24.6. The number of nitrogens with zero attached hydrogens (tertiary/aromatic N) is 4. The number of benzene rings is 1. The van der Waals surface area contributed by atoms with Gasteiger partial charge in [0.25, 0.3) is 5.91 Å². The van der Waals surface area contributed by atoms with Crippen molar-refractivity contribution in [3.63, 3.8) is 0 Å². The Morgan fingerprint density at radius 3 is 2.49 bits per heavy atom. The highest BCUT2D eigenvalue weighted by molar-refractivity contribution is 6.03. The van der Waals surface area contributed by atoms with Crippen LogP contribution in [-0.4, -0.2) is 65.5 Å². The van der Waals surface area contributed by atoms with Crippen LogP contribution in [0.3, 0.4) is 0 Å². The highest BCUT2D eigenvalue weighted by atomic mass is 19.4. The van der Waals surface area contributed by atoms with E-state index in [1.54, 1.807) is 11.8 Å². The van der Waals surface area contributed by atoms with Gasteiger partial charge >= 0.3 is 6.18 Å². The monoisotopic (exact) mass is 492 g/mol. The van der Waals surface area contributed by atoms with Crippen molar-refractivity contribution in [3.8, 4) is 5.75 Å². The number of likely N-dealkylation sites (tertiary alicyclic amines) is 1. The van der Waals surface area contributed by atoms with Crippen LogP contribution in [0.4, 0.5) is 30.6 Å². The van der Waals surface area contributed by atoms with E-state index in [0.29, 0.717) is 36.2 Å². The number of ether oxygens (including phenoxy) is 1. The van der Waals surface area contributed by atoms with Crippen LogP contribution in [0.25, 0.3) is 0 Å². The minimum Gasteiger partial charge on any atom is -0.484 e. The lowest BCUT2D eigenvalue weighted by molar-refractivity contribution is -0.138. The fourth-order valence-electron chi connectivity index (χ4n) is 4.21. The Morgan fingerprint density at radius 2 is 1.89 bits per heavy atom. The molecule has 0 radical (unpaired) electrons. The maximum Gasteiger partial charge on any atom is 0.416 e. The number of hydrogen-bond acceptors (Lipinski definition) is 7. The number of rotatable bonds is 6. The van der Waals surface area contributed by atoms with Crippen LogP contribution < -0.4 is 20.3 Å². The Hall–Kier alpha value is -3.57. The lowest BCUT2D eigenvalue weighted by Crippen LogP contribution is -2.58. The summed E-state index contributed by atoms with van der Waals surface area (Å²) in [6.07, 6.45) is -4.42. The molecule has 0 bridgehead atoms. The van der Waals surface area contributed by atoms with Crippen LogP contribution in [0.1, 0.15) is 25.1 Å². The zero-order valence-electron chi connectivity index (χ0n) is 19.8. The molecule has 0 saturated carbocycles. The van der Waals surface area contributed by atoms with Gasteiger partial charge in [-0.2, -0.15) is 18.2 Å². The molecule has 1 aromatic carbocycles. The van der Waals surface area contributed by atoms with E-state index in [1.165, 1.54) is 12.1 Å². The second-order valence-electron chi connectivity index (χ2n) is 9.07. The van der Waals surface area contributed by atoms with E-state index in [4.69, 9.17) is 4.74 Å². The third-order valence-electron chi connectivity index (χ3n) is 6.08. The lowest BCUT2D eigenvalue weighted by atomic mass is 9.99. The Kier molecular flexibility index (Phi) is 6.48. The molecule has 2 aliphatic heterocycles. The number of fused-ring (bicyclic) bond motifs is 1. The molecule has 4 rings (SSSR count). The standard InChI is InChI=1S/C23H27F3N6O3/c1-12(2)19-21(34)29-18-13(3)27-22(30-20(18)31(19)4)28-15-9-32(10-15)17(33)11-35-16-7-5-14(6-8-16)23(24,25)26/h5-8,12,15,19H,9-11H2,1-4H3,(H,29,34)(H,27,28,30). The molecule has 1 saturated heterocycles. The number of amides is 2. The Bertz CT molecular complexity index is 1120. The van der Waals surface area contributed by atoms with E-state index in [2.05, 4.69) is 20.6 Å². The van der Waals surface area contributed by atoms with Crippen molar-refractivity contribution in [2.75, 3.05) is 42.3 Å². The molecule has 2 N–H and O–H groups in total. The third kappa shape index (κ3) is 5.10. The van der Waals surface area contributed by atoms with Gasteiger partial charge in [0.2, 0.25) is 11.9 Å². The fourth-order valence-corrected chi connectivity index (χ4v) is 4.21. The van der Waals surface area contributed by atoms with E-state index in [-0.39, 0.29) is 42.2 Å². The van der Waals surface area contributed by atoms with E-state index in [1.807, 2.05) is 25.8 Å². The number of aromatic nitrogens is 2. The van der Waals surface area contributed by atoms with Gasteiger partial charge in [-0.3, -0.25) is 9.59 Å². The molecule has 0 aliphatic carbocycles. The minimum atomic E-state index is -4.42. The highest BCUT2D eigenvalue weighted by Crippen LogP contribution is 2.34. The number of carbonyl (C=O) groups is 2. The second kappa shape index (κ2) is 9.23. The van der Waals surface area contributed by atoms with Crippen molar-refractivity contribution in [2.45, 2.75) is 39.0 Å². The molecule has 1 aromatic heterocycles. The zero-order chi connectivity index (χ0) is 25.5. The maximum absolute atomic E-state index is 12.6. The Morgan fingerprint density at radius 1 is 1.23 bits per heavy atom. The summed E-state index contributed by atoms with van der Waals surface area (Å²) >= 11 is 0. The molecule has 188 valence electrons. The zero-order valence-corrected chi connectivity index (χ0v) is 19.8. The molecular weight excluding hydrogens is 465 g/mol. The van der Waals surface area contributed by atoms with Crippen molar-refractivity contribution in [2.24, 2.45) is 5.92 Å². The summed E-state index contributed by atoms with van der Waals surface area (Å²) in [4.78, 5) is 37.3. The van der Waals surface area contributed by atoms with Crippen LogP contribution in [0.15, 0.2) is 24.3 Å². The summed E-state index contributed by atoms with van der Waals surface area (Å²) in [6, 6.07) is 3.80. The molecule has 9 nitrogen and oxygen atoms in total. The smallest absolute Gasteiger partial charge is 0.416 e. The minimum absolute atomic E-state index is 0.0631. The van der Waals surface area contributed by atoms with Crippen molar-refractivity contribution in [3.05, 3.63) is 35.5 Å². The number of nitrogens with one attached hydrogen (secondary N) is 2. The molecule has 12 heteroatoms. The summed E-state index contributed by atoms with van der Waals surface area (Å²) in [5.41, 5.74) is 0.448. The normalized spacial score (nSPS) is 18.2. The number of carbonyl (C=O) groups excluding carboxylic acids is 2. The SMILES string of the molecule is Cc1nc(NC2CN(C(=O)COc3ccc(C(F)(F)F)cc3)C2)nc2c1NC(=O)C(C(C)C)N2C. The number of halogens is 3. The second-order valence-corrected chi connectivity index (χ2v) is 9.07. The average molecular weight is 493 g/mol. The van der Waals surface area contributed by atoms with E-state index < -0.39 is 11.7 Å². The predicted octanol–water partition coefficient (Wildman–Crippen LogP) is 2.92. The Labute approximate surface area is 200 Å². The fraction of sp³-hybridized carbons (Fsp3) is 0.478. The van der Waals surface area contributed by atoms with Crippen LogP contribution >= 0.6 is 0 Å². The topological polar surface area (TPSA) is 99.7 Å². The average Bonchev–Trinajstić information content (AvgIpc) is 2.74. The van der Waals surface area contributed by atoms with Crippen LogP contribution in [0.5, 0.6) is 5.75 Å². The van der Waals surface area contributed by atoms with Crippen molar-refractivity contribution >= 4 is 29.3 Å². The van der Waals surface area contributed by atoms with Crippen LogP contribution in [0, 0.1) is 12.8 Å². The van der Waals surface area contributed by atoms with E-state index >= 15 is 0 Å². The largest absolute Gasteiger partial charge is 0.484 e. The summed E-state index contributed by atoms with van der Waals surface area (Å²) in [5.74, 6) is 0.966. The molecule has 2 aliphatic rings. The molecule has 0 spiro atoms. The first-order chi connectivity index (χ1) is 16.4. The quantitative estimate of drug-likeness (QED) is 0.640. The van der Waals surface area contributed by atoms with Gasteiger partial charge in [-0.25, -0.2) is 4.98 Å². The van der Waals surface area contributed by atoms with Gasteiger partial charge < -0.3 is 25.2 Å². The Balaban J connectivity index is 1.31. The molecule has 3 heterocycles. The predicted molar refractivity (Wildman–Crippen MR) is 123 cm³/mol. The number of likely N-dealkylation sites (N-methyl/N-ethyl adjacent to an activating group) is 1. The summed E-state index contributed by atoms with van der Waals surface area (Å²) in [7, 11) is 1.83. The highest BCUT2D eigenvalue weighted by Gasteiger charge is 2.36. The molecule has 1 atom stereocenters. The van der Waals surface area contributed by atoms with Gasteiger partial charge in [0.05, 0.1) is 17.3 Å². The van der Waals surface area contributed by atoms with Gasteiger partial charge in [0, 0.05) is 20.1 Å². The van der Waals surface area contributed by atoms with Crippen molar-refractivity contribution < 1.29 is 27.5 Å². The molecular formula is C23H27F3N6O3. The van der Waals surface area contributed by atoms with Gasteiger partial charge in [-0.1, -0.05) is 13.8 Å².